The van der Waals surface area contributed by atoms with Crippen molar-refractivity contribution in [1.29, 1.82) is 0 Å². The molecule has 1 unspecified atom stereocenters. The molecule has 0 aliphatic rings. The van der Waals surface area contributed by atoms with Crippen molar-refractivity contribution < 1.29 is 23.5 Å². The topological polar surface area (TPSA) is 64.2 Å². The van der Waals surface area contributed by atoms with Gasteiger partial charge in [-0.15, -0.1) is 0 Å². The summed E-state index contributed by atoms with van der Waals surface area (Å²) < 4.78 is 32.1. The molecular weight excluding hydrogens is 522 g/mol. The number of hydrogen-bond donors (Lipinski definition) is 1. The number of aliphatic carboxylic acids is 1. The Bertz CT molecular complexity index is 1890. The van der Waals surface area contributed by atoms with E-state index in [0.29, 0.717) is 46.0 Å². The molecular formula is C34H26F2N2O3. The molecule has 0 saturated carbocycles. The van der Waals surface area contributed by atoms with Crippen LogP contribution < -0.4 is 0 Å². The Morgan fingerprint density at radius 3 is 1.76 bits per heavy atom. The van der Waals surface area contributed by atoms with Crippen molar-refractivity contribution in [2.75, 3.05) is 0 Å². The quantitative estimate of drug-likeness (QED) is 0.191. The van der Waals surface area contributed by atoms with E-state index >= 15 is 0 Å². The van der Waals surface area contributed by atoms with Crippen molar-refractivity contribution >= 4 is 33.6 Å². The summed E-state index contributed by atoms with van der Waals surface area (Å²) in [6.07, 6.45) is 3.07. The number of carboxylic acids is 1. The molecule has 0 aliphatic heterocycles. The second kappa shape index (κ2) is 10.8. The lowest BCUT2D eigenvalue weighted by molar-refractivity contribution is -0.138. The fourth-order valence-electron chi connectivity index (χ4n) is 5.51. The molecule has 6 rings (SSSR count). The van der Waals surface area contributed by atoms with Crippen LogP contribution in [0.15, 0.2) is 109 Å². The van der Waals surface area contributed by atoms with Crippen LogP contribution in [0.2, 0.25) is 0 Å². The molecule has 1 atom stereocenters. The third-order valence-corrected chi connectivity index (χ3v) is 7.47. The number of ketones is 1. The van der Waals surface area contributed by atoms with E-state index in [1.807, 2.05) is 69.8 Å². The highest BCUT2D eigenvalue weighted by Gasteiger charge is 2.29. The first-order valence-electron chi connectivity index (χ1n) is 13.3. The largest absolute Gasteiger partial charge is 0.481 e. The number of carbonyl (C=O) groups excluding carboxylic acids is 1. The lowest BCUT2D eigenvalue weighted by Crippen LogP contribution is -2.16. The van der Waals surface area contributed by atoms with Crippen molar-refractivity contribution in [3.63, 3.8) is 0 Å². The molecule has 0 fully saturated rings. The summed E-state index contributed by atoms with van der Waals surface area (Å²) in [5.41, 5.74) is 3.84. The van der Waals surface area contributed by atoms with Gasteiger partial charge in [-0.1, -0.05) is 60.7 Å². The maximum absolute atomic E-state index is 14.3. The predicted octanol–water partition coefficient (Wildman–Crippen LogP) is 7.41. The smallest absolute Gasteiger partial charge is 0.311 e. The monoisotopic (exact) mass is 548 g/mol. The second-order valence-electron chi connectivity index (χ2n) is 10.2. The van der Waals surface area contributed by atoms with Gasteiger partial charge in [-0.25, -0.2) is 8.78 Å². The van der Waals surface area contributed by atoms with E-state index in [4.69, 9.17) is 0 Å². The fourth-order valence-corrected chi connectivity index (χ4v) is 5.51. The minimum Gasteiger partial charge on any atom is -0.481 e. The van der Waals surface area contributed by atoms with Gasteiger partial charge in [0.15, 0.2) is 5.78 Å². The zero-order valence-electron chi connectivity index (χ0n) is 22.0. The number of fused-ring (bicyclic) bond motifs is 2. The molecule has 6 aromatic rings. The Labute approximate surface area is 234 Å². The van der Waals surface area contributed by atoms with Gasteiger partial charge >= 0.3 is 5.97 Å². The van der Waals surface area contributed by atoms with Gasteiger partial charge in [0.25, 0.3) is 0 Å². The van der Waals surface area contributed by atoms with Crippen LogP contribution in [0.4, 0.5) is 8.78 Å². The third kappa shape index (κ3) is 5.26. The normalized spacial score (nSPS) is 12.1. The summed E-state index contributed by atoms with van der Waals surface area (Å²) in [5, 5.41) is 11.4. The average Bonchev–Trinajstić information content (AvgIpc) is 3.50. The third-order valence-electron chi connectivity index (χ3n) is 7.47. The van der Waals surface area contributed by atoms with E-state index in [2.05, 4.69) is 0 Å². The van der Waals surface area contributed by atoms with Crippen molar-refractivity contribution in [2.24, 2.45) is 0 Å². The number of rotatable bonds is 9. The van der Waals surface area contributed by atoms with Gasteiger partial charge in [0, 0.05) is 48.2 Å². The van der Waals surface area contributed by atoms with Crippen molar-refractivity contribution in [3.8, 4) is 0 Å². The molecule has 0 aliphatic carbocycles. The Morgan fingerprint density at radius 1 is 0.683 bits per heavy atom. The Kier molecular flexibility index (Phi) is 6.93. The summed E-state index contributed by atoms with van der Waals surface area (Å²) in [7, 11) is 0. The SMILES string of the molecule is O=C(CC(C(=O)O)c1cn(Cc2ccccc2)c2cc(F)ccc12)c1cn(Cc2ccccc2)c2cc(F)ccc12. The fraction of sp³-hybridized carbons (Fsp3) is 0.118. The zero-order valence-corrected chi connectivity index (χ0v) is 22.0. The van der Waals surface area contributed by atoms with E-state index < -0.39 is 23.5 Å². The van der Waals surface area contributed by atoms with Crippen molar-refractivity contribution in [3.05, 3.63) is 143 Å². The minimum atomic E-state index is -1.17. The van der Waals surface area contributed by atoms with Crippen LogP contribution >= 0.6 is 0 Å². The maximum Gasteiger partial charge on any atom is 0.311 e. The van der Waals surface area contributed by atoms with Crippen LogP contribution in [0.25, 0.3) is 21.8 Å². The number of hydrogen-bond acceptors (Lipinski definition) is 2. The number of carbonyl (C=O) groups is 2. The number of aromatic nitrogens is 2. The van der Waals surface area contributed by atoms with E-state index in [9.17, 15) is 23.5 Å². The predicted molar refractivity (Wildman–Crippen MR) is 154 cm³/mol. The standard InChI is InChI=1S/C34H26F2N2O3/c35-24-11-13-26-29(20-37(31(26)15-24)18-22-7-3-1-4-8-22)28(34(40)41)17-33(39)30-21-38(19-23-9-5-2-6-10-23)32-16-25(36)12-14-27(30)32/h1-16,20-21,28H,17-19H2,(H,40,41). The molecule has 1 N–H and O–H groups in total. The molecule has 2 heterocycles. The number of carboxylic acid groups (broad SMARTS) is 1. The molecule has 0 bridgehead atoms. The summed E-state index contributed by atoms with van der Waals surface area (Å²) in [5.74, 6) is -3.54. The zero-order chi connectivity index (χ0) is 28.5. The molecule has 4 aromatic carbocycles. The molecule has 204 valence electrons. The number of nitrogens with zero attached hydrogens (tertiary/aromatic N) is 2. The van der Waals surface area contributed by atoms with Crippen LogP contribution in [-0.4, -0.2) is 26.0 Å². The molecule has 5 nitrogen and oxygen atoms in total. The summed E-state index contributed by atoms with van der Waals surface area (Å²) >= 11 is 0. The summed E-state index contributed by atoms with van der Waals surface area (Å²) in [6, 6.07) is 27.7. The molecule has 7 heteroatoms. The molecule has 0 spiro atoms. The molecule has 0 saturated heterocycles. The van der Waals surface area contributed by atoms with E-state index in [0.717, 1.165) is 11.1 Å². The number of Topliss-reactive ketones (excluding diaryl/α,β-unsaturated/α-hetero) is 1. The molecule has 2 aromatic heterocycles. The Hall–Kier alpha value is -5.04. The Balaban J connectivity index is 1.38. The van der Waals surface area contributed by atoms with Crippen LogP contribution in [0.1, 0.15) is 39.4 Å². The Morgan fingerprint density at radius 2 is 1.20 bits per heavy atom. The minimum absolute atomic E-state index is 0.307. The summed E-state index contributed by atoms with van der Waals surface area (Å²) in [6.45, 7) is 0.842. The average molecular weight is 549 g/mol. The van der Waals surface area contributed by atoms with Crippen molar-refractivity contribution in [2.45, 2.75) is 25.4 Å². The maximum atomic E-state index is 14.3. The first-order valence-corrected chi connectivity index (χ1v) is 13.3. The van der Waals surface area contributed by atoms with E-state index in [-0.39, 0.29) is 12.2 Å². The molecule has 41 heavy (non-hydrogen) atoms. The van der Waals surface area contributed by atoms with Gasteiger partial charge < -0.3 is 14.2 Å². The summed E-state index contributed by atoms with van der Waals surface area (Å²) in [4.78, 5) is 26.4. The van der Waals surface area contributed by atoms with Gasteiger partial charge in [0.1, 0.15) is 11.6 Å². The molecule has 0 radical (unpaired) electrons. The lowest BCUT2D eigenvalue weighted by Gasteiger charge is -2.11. The van der Waals surface area contributed by atoms with Crippen LogP contribution in [0.5, 0.6) is 0 Å². The highest BCUT2D eigenvalue weighted by Crippen LogP contribution is 2.34. The van der Waals surface area contributed by atoms with Crippen LogP contribution in [0, 0.1) is 11.6 Å². The van der Waals surface area contributed by atoms with Crippen LogP contribution in [0.3, 0.4) is 0 Å². The highest BCUT2D eigenvalue weighted by molar-refractivity contribution is 6.09. The highest BCUT2D eigenvalue weighted by atomic mass is 19.1. The number of benzene rings is 4. The number of halogens is 2. The molecule has 0 amide bonds. The van der Waals surface area contributed by atoms with E-state index in [1.165, 1.54) is 24.3 Å². The first kappa shape index (κ1) is 26.2. The lowest BCUT2D eigenvalue weighted by atomic mass is 9.91. The van der Waals surface area contributed by atoms with Crippen molar-refractivity contribution in [1.82, 2.24) is 9.13 Å². The van der Waals surface area contributed by atoms with Gasteiger partial charge in [-0.2, -0.15) is 0 Å². The second-order valence-corrected chi connectivity index (χ2v) is 10.2. The van der Waals surface area contributed by atoms with E-state index in [1.54, 1.807) is 24.5 Å². The van der Waals surface area contributed by atoms with Gasteiger partial charge in [0.05, 0.1) is 17.0 Å². The van der Waals surface area contributed by atoms with Gasteiger partial charge in [0.2, 0.25) is 0 Å². The first-order chi connectivity index (χ1) is 19.9. The van der Waals surface area contributed by atoms with Crippen LogP contribution in [-0.2, 0) is 17.9 Å². The van der Waals surface area contributed by atoms with Gasteiger partial charge in [-0.3, -0.25) is 9.59 Å². The van der Waals surface area contributed by atoms with Gasteiger partial charge in [-0.05, 0) is 53.1 Å².